The van der Waals surface area contributed by atoms with Crippen molar-refractivity contribution in [3.05, 3.63) is 107 Å². The number of hydrogen-bond acceptors (Lipinski definition) is 3. The third-order valence-electron chi connectivity index (χ3n) is 6.66. The van der Waals surface area contributed by atoms with Crippen molar-refractivity contribution in [2.45, 2.75) is 59.3 Å². The van der Waals surface area contributed by atoms with Gasteiger partial charge in [-0.05, 0) is 77.4 Å². The van der Waals surface area contributed by atoms with E-state index in [1.54, 1.807) is 6.21 Å². The normalized spacial score (nSPS) is 12.2. The Kier molecular flexibility index (Phi) is 7.32. The Hall–Kier alpha value is -4.12. The van der Waals surface area contributed by atoms with E-state index in [4.69, 9.17) is 0 Å². The number of carbonyl (C=O) groups excluding carboxylic acids is 1. The van der Waals surface area contributed by atoms with Crippen LogP contribution in [0.5, 0.6) is 5.75 Å². The van der Waals surface area contributed by atoms with Gasteiger partial charge in [0.1, 0.15) is 5.75 Å². The summed E-state index contributed by atoms with van der Waals surface area (Å²) in [4.78, 5) is 12.8. The average molecular weight is 508 g/mol. The summed E-state index contributed by atoms with van der Waals surface area (Å²) < 4.78 is 2.18. The Morgan fingerprint density at radius 2 is 1.42 bits per heavy atom. The first kappa shape index (κ1) is 26.9. The second kappa shape index (κ2) is 10.3. The lowest BCUT2D eigenvalue weighted by Gasteiger charge is -2.27. The molecular formula is C33H37N3O2. The molecule has 196 valence electrons. The number of aromatic nitrogens is 1. The number of nitrogens with one attached hydrogen (secondary N) is 1. The summed E-state index contributed by atoms with van der Waals surface area (Å²) in [5.74, 6) is 0.0332. The highest BCUT2D eigenvalue weighted by molar-refractivity contribution is 5.95. The molecule has 0 aliphatic carbocycles. The minimum atomic E-state index is -0.286. The number of amides is 1. The van der Waals surface area contributed by atoms with Crippen LogP contribution in [-0.2, 0) is 10.8 Å². The molecule has 0 saturated carbocycles. The number of rotatable bonds is 5. The van der Waals surface area contributed by atoms with Gasteiger partial charge >= 0.3 is 0 Å². The van der Waals surface area contributed by atoms with Crippen LogP contribution >= 0.6 is 0 Å². The molecule has 0 spiro atoms. The van der Waals surface area contributed by atoms with E-state index in [9.17, 15) is 9.90 Å². The summed E-state index contributed by atoms with van der Waals surface area (Å²) in [6.45, 7) is 14.5. The van der Waals surface area contributed by atoms with Crippen LogP contribution in [0.15, 0.2) is 84.0 Å². The van der Waals surface area contributed by atoms with Crippen molar-refractivity contribution in [1.29, 1.82) is 0 Å². The zero-order valence-electron chi connectivity index (χ0n) is 23.3. The van der Waals surface area contributed by atoms with E-state index in [2.05, 4.69) is 87.8 Å². The molecule has 1 aromatic heterocycles. The van der Waals surface area contributed by atoms with Crippen LogP contribution in [0.1, 0.15) is 74.3 Å². The quantitative estimate of drug-likeness (QED) is 0.217. The zero-order chi connectivity index (χ0) is 27.7. The number of phenols is 1. The number of benzene rings is 3. The number of aromatic hydroxyl groups is 1. The van der Waals surface area contributed by atoms with E-state index in [1.165, 1.54) is 0 Å². The Morgan fingerprint density at radius 1 is 0.842 bits per heavy atom. The molecule has 1 amide bonds. The lowest BCUT2D eigenvalue weighted by molar-refractivity contribution is 0.0955. The highest BCUT2D eigenvalue weighted by atomic mass is 16.3. The van der Waals surface area contributed by atoms with Crippen LogP contribution in [-0.4, -0.2) is 21.8 Å². The van der Waals surface area contributed by atoms with Gasteiger partial charge < -0.3 is 9.67 Å². The fourth-order valence-electron chi connectivity index (χ4n) is 4.58. The van der Waals surface area contributed by atoms with Crippen LogP contribution in [0, 0.1) is 6.92 Å². The highest BCUT2D eigenvalue weighted by Crippen LogP contribution is 2.39. The molecule has 0 aliphatic heterocycles. The lowest BCUT2D eigenvalue weighted by atomic mass is 9.78. The van der Waals surface area contributed by atoms with E-state index in [-0.39, 0.29) is 16.7 Å². The molecule has 0 atom stereocenters. The van der Waals surface area contributed by atoms with Crippen LogP contribution < -0.4 is 5.43 Å². The maximum atomic E-state index is 12.8. The molecular weight excluding hydrogens is 470 g/mol. The molecule has 5 nitrogen and oxygen atoms in total. The van der Waals surface area contributed by atoms with Crippen molar-refractivity contribution < 1.29 is 9.90 Å². The van der Waals surface area contributed by atoms with Crippen molar-refractivity contribution in [3.8, 4) is 22.7 Å². The average Bonchev–Trinajstić information content (AvgIpc) is 3.25. The maximum absolute atomic E-state index is 12.8. The summed E-state index contributed by atoms with van der Waals surface area (Å²) in [7, 11) is 0. The summed E-state index contributed by atoms with van der Waals surface area (Å²) in [6, 6.07) is 25.8. The number of hydrazone groups is 1. The fraction of sp³-hybridized carbons (Fsp3) is 0.273. The van der Waals surface area contributed by atoms with E-state index >= 15 is 0 Å². The maximum Gasteiger partial charge on any atom is 0.271 e. The van der Waals surface area contributed by atoms with Crippen LogP contribution in [0.2, 0.25) is 0 Å². The minimum Gasteiger partial charge on any atom is -0.507 e. The van der Waals surface area contributed by atoms with Gasteiger partial charge in [0, 0.05) is 28.1 Å². The Bertz CT molecular complexity index is 1430. The third kappa shape index (κ3) is 5.72. The standard InChI is InChI=1S/C33H37N3O2/c1-22-13-18-29(24-11-9-8-10-12-24)36(22)26-16-14-25(15-17-26)31(38)35-34-21-23-19-27(32(2,3)4)30(37)28(20-23)33(5,6)7/h8-21,37H,1-7H3,(H,35,38)/b34-21+. The monoisotopic (exact) mass is 507 g/mol. The number of phenolic OH excluding ortho intramolecular Hbond substituents is 1. The molecule has 3 aromatic carbocycles. The highest BCUT2D eigenvalue weighted by Gasteiger charge is 2.26. The Labute approximate surface area is 225 Å². The molecule has 0 unspecified atom stereocenters. The van der Waals surface area contributed by atoms with Crippen LogP contribution in [0.4, 0.5) is 0 Å². The number of aryl methyl sites for hydroxylation is 1. The lowest BCUT2D eigenvalue weighted by Crippen LogP contribution is -2.19. The number of carbonyl (C=O) groups is 1. The second-order valence-electron chi connectivity index (χ2n) is 11.8. The summed E-state index contributed by atoms with van der Waals surface area (Å²) in [6.07, 6.45) is 1.63. The number of hydrogen-bond donors (Lipinski definition) is 2. The summed E-state index contributed by atoms with van der Waals surface area (Å²) in [5, 5.41) is 15.1. The van der Waals surface area contributed by atoms with Gasteiger partial charge in [-0.2, -0.15) is 5.10 Å². The van der Waals surface area contributed by atoms with Crippen molar-refractivity contribution in [2.75, 3.05) is 0 Å². The van der Waals surface area contributed by atoms with Gasteiger partial charge in [-0.1, -0.05) is 71.9 Å². The van der Waals surface area contributed by atoms with Gasteiger partial charge in [0.05, 0.1) is 11.9 Å². The molecule has 0 bridgehead atoms. The van der Waals surface area contributed by atoms with E-state index < -0.39 is 0 Å². The molecule has 0 saturated heterocycles. The molecule has 38 heavy (non-hydrogen) atoms. The predicted octanol–water partition coefficient (Wildman–Crippen LogP) is 7.52. The van der Waals surface area contributed by atoms with Gasteiger partial charge in [-0.15, -0.1) is 0 Å². The molecule has 4 aromatic rings. The van der Waals surface area contributed by atoms with Crippen molar-refractivity contribution in [3.63, 3.8) is 0 Å². The Morgan fingerprint density at radius 3 is 1.97 bits per heavy atom. The summed E-state index contributed by atoms with van der Waals surface area (Å²) in [5.41, 5.74) is 9.55. The second-order valence-corrected chi connectivity index (χ2v) is 11.8. The van der Waals surface area contributed by atoms with Crippen molar-refractivity contribution >= 4 is 12.1 Å². The third-order valence-corrected chi connectivity index (χ3v) is 6.66. The van der Waals surface area contributed by atoms with E-state index in [1.807, 2.05) is 54.6 Å². The first-order valence-electron chi connectivity index (χ1n) is 12.9. The molecule has 1 heterocycles. The van der Waals surface area contributed by atoms with Gasteiger partial charge in [0.2, 0.25) is 0 Å². The fourth-order valence-corrected chi connectivity index (χ4v) is 4.58. The largest absolute Gasteiger partial charge is 0.507 e. The topological polar surface area (TPSA) is 66.6 Å². The van der Waals surface area contributed by atoms with E-state index in [0.717, 1.165) is 39.3 Å². The zero-order valence-corrected chi connectivity index (χ0v) is 23.3. The van der Waals surface area contributed by atoms with Crippen LogP contribution in [0.3, 0.4) is 0 Å². The van der Waals surface area contributed by atoms with E-state index in [0.29, 0.717) is 11.3 Å². The van der Waals surface area contributed by atoms with Gasteiger partial charge in [0.25, 0.3) is 5.91 Å². The first-order chi connectivity index (χ1) is 17.9. The van der Waals surface area contributed by atoms with Crippen LogP contribution in [0.25, 0.3) is 16.9 Å². The molecule has 0 fully saturated rings. The molecule has 4 rings (SSSR count). The van der Waals surface area contributed by atoms with Gasteiger partial charge in [0.15, 0.2) is 0 Å². The number of nitrogens with zero attached hydrogens (tertiary/aromatic N) is 2. The first-order valence-corrected chi connectivity index (χ1v) is 12.9. The molecule has 5 heteroatoms. The summed E-state index contributed by atoms with van der Waals surface area (Å²) >= 11 is 0. The molecule has 0 radical (unpaired) electrons. The Balaban J connectivity index is 1.54. The molecule has 2 N–H and O–H groups in total. The molecule has 0 aliphatic rings. The minimum absolute atomic E-state index is 0.239. The SMILES string of the molecule is Cc1ccc(-c2ccccc2)n1-c1ccc(C(=O)N/N=C/c2cc(C(C)(C)C)c(O)c(C(C)(C)C)c2)cc1. The predicted molar refractivity (Wildman–Crippen MR) is 157 cm³/mol. The van der Waals surface area contributed by atoms with Gasteiger partial charge in [-0.3, -0.25) is 4.79 Å². The smallest absolute Gasteiger partial charge is 0.271 e. The van der Waals surface area contributed by atoms with Gasteiger partial charge in [-0.25, -0.2) is 5.43 Å². The van der Waals surface area contributed by atoms with Crippen molar-refractivity contribution in [1.82, 2.24) is 9.99 Å². The van der Waals surface area contributed by atoms with Crippen molar-refractivity contribution in [2.24, 2.45) is 5.10 Å².